The number of esters is 1. The van der Waals surface area contributed by atoms with E-state index in [4.69, 9.17) is 9.15 Å². The van der Waals surface area contributed by atoms with Gasteiger partial charge >= 0.3 is 11.9 Å². The van der Waals surface area contributed by atoms with E-state index in [1.165, 1.54) is 11.1 Å². The first-order chi connectivity index (χ1) is 11.3. The fourth-order valence-electron chi connectivity index (χ4n) is 2.57. The third kappa shape index (κ3) is 4.02. The van der Waals surface area contributed by atoms with Crippen molar-refractivity contribution in [1.29, 1.82) is 0 Å². The number of hydrogen-bond acceptors (Lipinski definition) is 5. The van der Waals surface area contributed by atoms with Gasteiger partial charge in [0.1, 0.15) is 0 Å². The lowest BCUT2D eigenvalue weighted by Crippen LogP contribution is -2.10. The largest absolute Gasteiger partial charge is 0.459 e. The average molecular weight is 330 g/mol. The van der Waals surface area contributed by atoms with Gasteiger partial charge in [-0.05, 0) is 43.8 Å². The Morgan fingerprint density at radius 2 is 1.96 bits per heavy atom. The molecule has 0 saturated carbocycles. The van der Waals surface area contributed by atoms with Crippen LogP contribution in [0.25, 0.3) is 5.57 Å². The van der Waals surface area contributed by atoms with Crippen molar-refractivity contribution in [1.82, 2.24) is 10.2 Å². The molecule has 1 aliphatic carbocycles. The van der Waals surface area contributed by atoms with Crippen molar-refractivity contribution in [3.63, 3.8) is 0 Å². The van der Waals surface area contributed by atoms with Gasteiger partial charge in [-0.1, -0.05) is 44.9 Å². The molecule has 1 aromatic heterocycles. The summed E-state index contributed by atoms with van der Waals surface area (Å²) in [5, 5.41) is 7.88. The summed E-state index contributed by atoms with van der Waals surface area (Å²) in [7, 11) is 0. The first-order valence-corrected chi connectivity index (χ1v) is 8.38. The summed E-state index contributed by atoms with van der Waals surface area (Å²) in [6.07, 6.45) is 6.23. The standard InChI is InChI=1S/C19H26N2O3/c1-7-13-9-12(3)15(11-14(10-13)19(4,5)6)16-20-21-17(24-16)18(22)23-8-2/h9,11H,7-8,10H2,1-6H3. The van der Waals surface area contributed by atoms with Gasteiger partial charge in [0.15, 0.2) is 0 Å². The van der Waals surface area contributed by atoms with Gasteiger partial charge in [0.2, 0.25) is 5.89 Å². The molecular formula is C19H26N2O3. The SMILES string of the molecule is CCOC(=O)c1nnc(C2=C(C)C=C(CC)CC(C(C)(C)C)=C2)o1. The van der Waals surface area contributed by atoms with Crippen molar-refractivity contribution in [3.05, 3.63) is 40.7 Å². The van der Waals surface area contributed by atoms with Crippen molar-refractivity contribution in [2.45, 2.75) is 54.4 Å². The van der Waals surface area contributed by atoms with Gasteiger partial charge in [-0.15, -0.1) is 10.2 Å². The maximum atomic E-state index is 11.8. The molecule has 24 heavy (non-hydrogen) atoms. The number of hydrogen-bond donors (Lipinski definition) is 0. The van der Waals surface area contributed by atoms with Crippen molar-refractivity contribution < 1.29 is 13.9 Å². The molecule has 0 bridgehead atoms. The van der Waals surface area contributed by atoms with Crippen LogP contribution >= 0.6 is 0 Å². The molecule has 0 fully saturated rings. The molecule has 1 aliphatic rings. The highest BCUT2D eigenvalue weighted by Crippen LogP contribution is 2.37. The molecule has 0 atom stereocenters. The predicted octanol–water partition coefficient (Wildman–Crippen LogP) is 4.73. The van der Waals surface area contributed by atoms with E-state index in [0.717, 1.165) is 24.0 Å². The van der Waals surface area contributed by atoms with Crippen LogP contribution in [-0.2, 0) is 4.74 Å². The van der Waals surface area contributed by atoms with Crippen LogP contribution in [0.15, 0.2) is 33.3 Å². The Labute approximate surface area is 143 Å². The molecule has 130 valence electrons. The Balaban J connectivity index is 2.49. The lowest BCUT2D eigenvalue weighted by molar-refractivity contribution is 0.0480. The Kier molecular flexibility index (Phi) is 5.42. The van der Waals surface area contributed by atoms with Gasteiger partial charge in [-0.3, -0.25) is 0 Å². The van der Waals surface area contributed by atoms with Crippen molar-refractivity contribution in [2.24, 2.45) is 5.41 Å². The summed E-state index contributed by atoms with van der Waals surface area (Å²) >= 11 is 0. The zero-order valence-electron chi connectivity index (χ0n) is 15.4. The van der Waals surface area contributed by atoms with Gasteiger partial charge < -0.3 is 9.15 Å². The van der Waals surface area contributed by atoms with Crippen molar-refractivity contribution >= 4 is 11.5 Å². The van der Waals surface area contributed by atoms with Crippen LogP contribution in [0.5, 0.6) is 0 Å². The minimum atomic E-state index is -0.590. The number of rotatable bonds is 4. The molecule has 1 heterocycles. The third-order valence-corrected chi connectivity index (χ3v) is 4.10. The van der Waals surface area contributed by atoms with Crippen LogP contribution in [0.4, 0.5) is 0 Å². The van der Waals surface area contributed by atoms with Gasteiger partial charge in [-0.2, -0.15) is 0 Å². The van der Waals surface area contributed by atoms with Gasteiger partial charge in [-0.25, -0.2) is 4.79 Å². The fraction of sp³-hybridized carbons (Fsp3) is 0.526. The normalized spacial score (nSPS) is 15.8. The molecule has 2 rings (SSSR count). The molecule has 0 aromatic carbocycles. The highest BCUT2D eigenvalue weighted by Gasteiger charge is 2.24. The topological polar surface area (TPSA) is 65.2 Å². The summed E-state index contributed by atoms with van der Waals surface area (Å²) in [6, 6.07) is 0. The highest BCUT2D eigenvalue weighted by molar-refractivity contribution is 5.84. The molecule has 0 radical (unpaired) electrons. The van der Waals surface area contributed by atoms with E-state index in [1.807, 2.05) is 6.92 Å². The van der Waals surface area contributed by atoms with Crippen LogP contribution in [0, 0.1) is 5.41 Å². The van der Waals surface area contributed by atoms with E-state index in [0.29, 0.717) is 5.89 Å². The highest BCUT2D eigenvalue weighted by atomic mass is 16.5. The summed E-state index contributed by atoms with van der Waals surface area (Å²) in [5.41, 5.74) is 4.64. The van der Waals surface area contributed by atoms with Crippen LogP contribution in [0.1, 0.15) is 71.0 Å². The maximum Gasteiger partial charge on any atom is 0.396 e. The Morgan fingerprint density at radius 3 is 2.54 bits per heavy atom. The zero-order chi connectivity index (χ0) is 17.9. The summed E-state index contributed by atoms with van der Waals surface area (Å²) in [5.74, 6) is -0.347. The molecule has 0 spiro atoms. The van der Waals surface area contributed by atoms with Crippen LogP contribution in [-0.4, -0.2) is 22.8 Å². The number of carbonyl (C=O) groups is 1. The first kappa shape index (κ1) is 18.2. The Bertz CT molecular complexity index is 715. The van der Waals surface area contributed by atoms with E-state index in [1.54, 1.807) is 6.92 Å². The molecule has 0 unspecified atom stereocenters. The summed E-state index contributed by atoms with van der Waals surface area (Å²) in [4.78, 5) is 11.8. The molecule has 1 aromatic rings. The average Bonchev–Trinajstić information content (AvgIpc) is 2.91. The number of allylic oxidation sites excluding steroid dienone is 6. The Morgan fingerprint density at radius 1 is 1.25 bits per heavy atom. The minimum Gasteiger partial charge on any atom is -0.459 e. The number of nitrogens with zero attached hydrogens (tertiary/aromatic N) is 2. The lowest BCUT2D eigenvalue weighted by Gasteiger charge is -2.23. The van der Waals surface area contributed by atoms with E-state index in [-0.39, 0.29) is 17.9 Å². The van der Waals surface area contributed by atoms with Crippen LogP contribution < -0.4 is 0 Å². The predicted molar refractivity (Wildman–Crippen MR) is 93.4 cm³/mol. The van der Waals surface area contributed by atoms with E-state index in [2.05, 4.69) is 50.0 Å². The van der Waals surface area contributed by atoms with Crippen molar-refractivity contribution in [2.75, 3.05) is 6.61 Å². The van der Waals surface area contributed by atoms with Gasteiger partial charge in [0.25, 0.3) is 0 Å². The minimum absolute atomic E-state index is 0.0358. The van der Waals surface area contributed by atoms with Gasteiger partial charge in [0, 0.05) is 5.57 Å². The zero-order valence-corrected chi connectivity index (χ0v) is 15.4. The van der Waals surface area contributed by atoms with Crippen LogP contribution in [0.3, 0.4) is 0 Å². The number of carbonyl (C=O) groups excluding carboxylic acids is 1. The molecular weight excluding hydrogens is 304 g/mol. The first-order valence-electron chi connectivity index (χ1n) is 8.38. The summed E-state index contributed by atoms with van der Waals surface area (Å²) < 4.78 is 10.5. The van der Waals surface area contributed by atoms with Crippen molar-refractivity contribution in [3.8, 4) is 0 Å². The van der Waals surface area contributed by atoms with E-state index < -0.39 is 5.97 Å². The molecule has 5 nitrogen and oxygen atoms in total. The van der Waals surface area contributed by atoms with E-state index >= 15 is 0 Å². The molecule has 5 heteroatoms. The number of aromatic nitrogens is 2. The second-order valence-corrected chi connectivity index (χ2v) is 6.98. The molecule has 0 amide bonds. The second-order valence-electron chi connectivity index (χ2n) is 6.98. The summed E-state index contributed by atoms with van der Waals surface area (Å²) in [6.45, 7) is 12.8. The lowest BCUT2D eigenvalue weighted by atomic mass is 9.82. The Hall–Kier alpha value is -2.17. The third-order valence-electron chi connectivity index (χ3n) is 4.10. The number of ether oxygens (including phenoxy) is 1. The second kappa shape index (κ2) is 7.16. The fourth-order valence-corrected chi connectivity index (χ4v) is 2.57. The molecule has 0 saturated heterocycles. The maximum absolute atomic E-state index is 11.8. The molecule has 0 N–H and O–H groups in total. The molecule has 0 aliphatic heterocycles. The monoisotopic (exact) mass is 330 g/mol. The van der Waals surface area contributed by atoms with Crippen LogP contribution in [0.2, 0.25) is 0 Å². The van der Waals surface area contributed by atoms with E-state index in [9.17, 15) is 4.79 Å². The smallest absolute Gasteiger partial charge is 0.396 e. The quantitative estimate of drug-likeness (QED) is 0.747. The van der Waals surface area contributed by atoms with Gasteiger partial charge in [0.05, 0.1) is 6.61 Å².